The normalized spacial score (nSPS) is 12.1. The number of carbonyl (C=O) groups excluding carboxylic acids is 1. The Bertz CT molecular complexity index is 631. The van der Waals surface area contributed by atoms with Crippen molar-refractivity contribution in [2.24, 2.45) is 0 Å². The predicted octanol–water partition coefficient (Wildman–Crippen LogP) is 0.997. The summed E-state index contributed by atoms with van der Waals surface area (Å²) >= 11 is 0. The second kappa shape index (κ2) is 5.55. The molecule has 2 aromatic rings. The van der Waals surface area contributed by atoms with Gasteiger partial charge in [-0.3, -0.25) is 9.48 Å². The van der Waals surface area contributed by atoms with Gasteiger partial charge in [-0.1, -0.05) is 0 Å². The Hall–Kier alpha value is -2.64. The lowest BCUT2D eigenvalue weighted by molar-refractivity contribution is -0.119. The molecule has 0 aliphatic rings. The third-order valence-corrected chi connectivity index (χ3v) is 2.86. The van der Waals surface area contributed by atoms with Crippen LogP contribution >= 0.6 is 0 Å². The van der Waals surface area contributed by atoms with Crippen LogP contribution in [-0.4, -0.2) is 36.5 Å². The molecule has 2 N–H and O–H groups in total. The monoisotopic (exact) mass is 277 g/mol. The van der Waals surface area contributed by atoms with Gasteiger partial charge >= 0.3 is 5.97 Å². The van der Waals surface area contributed by atoms with Crippen LogP contribution in [0, 0.1) is 0 Å². The van der Waals surface area contributed by atoms with Gasteiger partial charge in [-0.25, -0.2) is 9.48 Å². The van der Waals surface area contributed by atoms with E-state index in [1.165, 1.54) is 23.1 Å². The third-order valence-electron chi connectivity index (χ3n) is 2.86. The average molecular weight is 277 g/mol. The number of hydrogen-bond donors (Lipinski definition) is 2. The van der Waals surface area contributed by atoms with E-state index >= 15 is 0 Å². The summed E-state index contributed by atoms with van der Waals surface area (Å²) in [7, 11) is 0. The van der Waals surface area contributed by atoms with E-state index in [-0.39, 0.29) is 11.6 Å². The molecule has 2 heterocycles. The van der Waals surface area contributed by atoms with Gasteiger partial charge in [0.1, 0.15) is 11.7 Å². The Balaban J connectivity index is 2.12. The van der Waals surface area contributed by atoms with Gasteiger partial charge in [0.2, 0.25) is 5.91 Å². The highest BCUT2D eigenvalue weighted by Crippen LogP contribution is 2.13. The molecule has 0 saturated heterocycles. The minimum atomic E-state index is -1.12. The van der Waals surface area contributed by atoms with Crippen molar-refractivity contribution in [1.82, 2.24) is 19.6 Å². The number of aromatic nitrogens is 4. The molecule has 0 aliphatic carbocycles. The van der Waals surface area contributed by atoms with E-state index in [4.69, 9.17) is 5.11 Å². The number of carboxylic acid groups (broad SMARTS) is 1. The van der Waals surface area contributed by atoms with E-state index in [1.807, 2.05) is 6.92 Å². The lowest BCUT2D eigenvalue weighted by Crippen LogP contribution is -2.26. The fourth-order valence-corrected chi connectivity index (χ4v) is 1.75. The quantitative estimate of drug-likeness (QED) is 0.848. The maximum atomic E-state index is 12.1. The highest BCUT2D eigenvalue weighted by Gasteiger charge is 2.21. The smallest absolute Gasteiger partial charge is 0.354 e. The molecule has 20 heavy (non-hydrogen) atoms. The Labute approximate surface area is 115 Å². The molecule has 0 radical (unpaired) electrons. The number of amides is 1. The SMILES string of the molecule is CCn1cc(NC(=O)C(C)n2nccc2C(=O)O)cn1. The summed E-state index contributed by atoms with van der Waals surface area (Å²) in [5.41, 5.74) is 0.532. The number of nitrogens with one attached hydrogen (secondary N) is 1. The van der Waals surface area contributed by atoms with Crippen LogP contribution in [0.4, 0.5) is 5.69 Å². The maximum absolute atomic E-state index is 12.1. The van der Waals surface area contributed by atoms with Gasteiger partial charge in [0.15, 0.2) is 0 Å². The van der Waals surface area contributed by atoms with Crippen LogP contribution in [0.5, 0.6) is 0 Å². The summed E-state index contributed by atoms with van der Waals surface area (Å²) in [6, 6.07) is 0.613. The first-order chi connectivity index (χ1) is 9.52. The number of anilines is 1. The predicted molar refractivity (Wildman–Crippen MR) is 70.4 cm³/mol. The lowest BCUT2D eigenvalue weighted by Gasteiger charge is -2.13. The molecule has 2 aromatic heterocycles. The van der Waals surface area contributed by atoms with Gasteiger partial charge in [-0.15, -0.1) is 0 Å². The van der Waals surface area contributed by atoms with E-state index in [0.717, 1.165) is 0 Å². The van der Waals surface area contributed by atoms with Gasteiger partial charge in [0.25, 0.3) is 0 Å². The summed E-state index contributed by atoms with van der Waals surface area (Å²) in [4.78, 5) is 23.1. The molecule has 0 aliphatic heterocycles. The molecule has 8 nitrogen and oxygen atoms in total. The molecule has 2 rings (SSSR count). The Morgan fingerprint density at radius 3 is 2.80 bits per heavy atom. The van der Waals surface area contributed by atoms with Crippen molar-refractivity contribution in [2.75, 3.05) is 5.32 Å². The van der Waals surface area contributed by atoms with E-state index in [2.05, 4.69) is 15.5 Å². The molecule has 0 spiro atoms. The van der Waals surface area contributed by atoms with Crippen LogP contribution in [0.1, 0.15) is 30.4 Å². The van der Waals surface area contributed by atoms with E-state index in [0.29, 0.717) is 12.2 Å². The van der Waals surface area contributed by atoms with Crippen LogP contribution in [0.25, 0.3) is 0 Å². The second-order valence-corrected chi connectivity index (χ2v) is 4.22. The Kier molecular flexibility index (Phi) is 3.83. The van der Waals surface area contributed by atoms with Crippen molar-refractivity contribution in [3.63, 3.8) is 0 Å². The molecule has 8 heteroatoms. The molecule has 1 amide bonds. The minimum Gasteiger partial charge on any atom is -0.477 e. The summed E-state index contributed by atoms with van der Waals surface area (Å²) in [5.74, 6) is -1.48. The third kappa shape index (κ3) is 2.68. The number of aryl methyl sites for hydroxylation is 1. The van der Waals surface area contributed by atoms with Crippen molar-refractivity contribution >= 4 is 17.6 Å². The zero-order valence-corrected chi connectivity index (χ0v) is 11.1. The molecule has 0 fully saturated rings. The number of carbonyl (C=O) groups is 2. The largest absolute Gasteiger partial charge is 0.477 e. The number of nitrogens with zero attached hydrogens (tertiary/aromatic N) is 4. The highest BCUT2D eigenvalue weighted by atomic mass is 16.4. The van der Waals surface area contributed by atoms with Gasteiger partial charge in [0.05, 0.1) is 11.9 Å². The summed E-state index contributed by atoms with van der Waals surface area (Å²) in [5, 5.41) is 19.6. The molecule has 0 aromatic carbocycles. The first-order valence-corrected chi connectivity index (χ1v) is 6.13. The van der Waals surface area contributed by atoms with E-state index in [9.17, 15) is 9.59 Å². The molecular formula is C12H15N5O3. The molecule has 106 valence electrons. The van der Waals surface area contributed by atoms with Gasteiger partial charge in [0, 0.05) is 18.9 Å². The lowest BCUT2D eigenvalue weighted by atomic mass is 10.3. The molecule has 0 bridgehead atoms. The van der Waals surface area contributed by atoms with Gasteiger partial charge in [-0.05, 0) is 19.9 Å². The van der Waals surface area contributed by atoms with E-state index in [1.54, 1.807) is 17.8 Å². The first-order valence-electron chi connectivity index (χ1n) is 6.13. The molecule has 0 saturated carbocycles. The molecular weight excluding hydrogens is 262 g/mol. The van der Waals surface area contributed by atoms with Crippen molar-refractivity contribution in [1.29, 1.82) is 0 Å². The summed E-state index contributed by atoms with van der Waals surface area (Å²) in [6.45, 7) is 4.22. The van der Waals surface area contributed by atoms with Crippen molar-refractivity contribution in [2.45, 2.75) is 26.4 Å². The molecule has 1 atom stereocenters. The first kappa shape index (κ1) is 13.8. The highest BCUT2D eigenvalue weighted by molar-refractivity contribution is 5.94. The zero-order valence-electron chi connectivity index (χ0n) is 11.1. The minimum absolute atomic E-state index is 0.0306. The van der Waals surface area contributed by atoms with Crippen LogP contribution in [0.15, 0.2) is 24.7 Å². The van der Waals surface area contributed by atoms with Crippen LogP contribution in [-0.2, 0) is 11.3 Å². The van der Waals surface area contributed by atoms with E-state index < -0.39 is 12.0 Å². The number of carboxylic acids is 1. The average Bonchev–Trinajstić information content (AvgIpc) is 3.06. The zero-order chi connectivity index (χ0) is 14.7. The Morgan fingerprint density at radius 2 is 2.20 bits per heavy atom. The van der Waals surface area contributed by atoms with Crippen molar-refractivity contribution in [3.8, 4) is 0 Å². The van der Waals surface area contributed by atoms with Crippen molar-refractivity contribution < 1.29 is 14.7 Å². The van der Waals surface area contributed by atoms with Crippen LogP contribution < -0.4 is 5.32 Å². The second-order valence-electron chi connectivity index (χ2n) is 4.22. The van der Waals surface area contributed by atoms with Gasteiger partial charge in [-0.2, -0.15) is 10.2 Å². The topological polar surface area (TPSA) is 102 Å². The maximum Gasteiger partial charge on any atom is 0.354 e. The summed E-state index contributed by atoms with van der Waals surface area (Å²) < 4.78 is 2.85. The van der Waals surface area contributed by atoms with Crippen molar-refractivity contribution in [3.05, 3.63) is 30.4 Å². The fourth-order valence-electron chi connectivity index (χ4n) is 1.75. The number of hydrogen-bond acceptors (Lipinski definition) is 4. The standard InChI is InChI=1S/C12H15N5O3/c1-3-16-7-9(6-14-16)15-11(18)8(2)17-10(12(19)20)4-5-13-17/h4-8H,3H2,1-2H3,(H,15,18)(H,19,20). The molecule has 1 unspecified atom stereocenters. The number of rotatable bonds is 5. The summed E-state index contributed by atoms with van der Waals surface area (Å²) in [6.07, 6.45) is 4.59. The Morgan fingerprint density at radius 1 is 1.45 bits per heavy atom. The van der Waals surface area contributed by atoms with Crippen LogP contribution in [0.3, 0.4) is 0 Å². The fraction of sp³-hybridized carbons (Fsp3) is 0.333. The van der Waals surface area contributed by atoms with Crippen LogP contribution in [0.2, 0.25) is 0 Å². The number of aromatic carboxylic acids is 1. The van der Waals surface area contributed by atoms with Gasteiger partial charge < -0.3 is 10.4 Å².